The number of nitrogens with zero attached hydrogens (tertiary/aromatic N) is 1. The zero-order chi connectivity index (χ0) is 10.8. The van der Waals surface area contributed by atoms with E-state index in [1.165, 1.54) is 12.8 Å². The summed E-state index contributed by atoms with van der Waals surface area (Å²) in [6, 6.07) is 0.425. The van der Waals surface area contributed by atoms with Gasteiger partial charge in [-0.1, -0.05) is 0 Å². The molecule has 0 heterocycles. The molecule has 2 saturated carbocycles. The van der Waals surface area contributed by atoms with Gasteiger partial charge in [0, 0.05) is 25.0 Å². The van der Waals surface area contributed by atoms with Gasteiger partial charge in [-0.05, 0) is 31.6 Å². The normalized spacial score (nSPS) is 22.5. The molecular weight excluding hydrogens is 192 g/mol. The number of carbonyl (C=O) groups is 1. The average Bonchev–Trinajstić information content (AvgIpc) is 3.05. The lowest BCUT2D eigenvalue weighted by Crippen LogP contribution is -2.39. The van der Waals surface area contributed by atoms with E-state index in [-0.39, 0.29) is 18.6 Å². The zero-order valence-corrected chi connectivity index (χ0v) is 9.06. The molecule has 0 aromatic rings. The predicted molar refractivity (Wildman–Crippen MR) is 57.1 cm³/mol. The molecule has 2 fully saturated rings. The highest BCUT2D eigenvalue weighted by Crippen LogP contribution is 2.34. The summed E-state index contributed by atoms with van der Waals surface area (Å²) < 4.78 is 0. The number of rotatable bonds is 6. The lowest BCUT2D eigenvalue weighted by atomic mass is 10.1. The minimum atomic E-state index is 0.0393. The standard InChI is InChI=1S/C11H20N2O2/c12-10(8-1-2-8)7-11(15)13(5-6-14)9-3-4-9/h8-10,14H,1-7,12H2. The Labute approximate surface area is 90.4 Å². The molecule has 1 atom stereocenters. The van der Waals surface area contributed by atoms with E-state index in [4.69, 9.17) is 10.8 Å². The highest BCUT2D eigenvalue weighted by Gasteiger charge is 2.35. The second kappa shape index (κ2) is 4.49. The molecule has 4 nitrogen and oxygen atoms in total. The van der Waals surface area contributed by atoms with E-state index in [2.05, 4.69) is 0 Å². The number of aliphatic hydroxyl groups excluding tert-OH is 1. The molecule has 0 aromatic heterocycles. The van der Waals surface area contributed by atoms with Gasteiger partial charge >= 0.3 is 0 Å². The topological polar surface area (TPSA) is 66.6 Å². The highest BCUT2D eigenvalue weighted by molar-refractivity contribution is 5.77. The van der Waals surface area contributed by atoms with Crippen LogP contribution in [0.2, 0.25) is 0 Å². The molecule has 0 spiro atoms. The largest absolute Gasteiger partial charge is 0.395 e. The minimum Gasteiger partial charge on any atom is -0.395 e. The number of aliphatic hydroxyl groups is 1. The summed E-state index contributed by atoms with van der Waals surface area (Å²) in [5.74, 6) is 0.704. The van der Waals surface area contributed by atoms with Crippen LogP contribution in [0.25, 0.3) is 0 Å². The molecule has 0 saturated heterocycles. The van der Waals surface area contributed by atoms with Crippen LogP contribution in [0.4, 0.5) is 0 Å². The third-order valence-corrected chi connectivity index (χ3v) is 3.29. The lowest BCUT2D eigenvalue weighted by molar-refractivity contribution is -0.132. The molecule has 86 valence electrons. The van der Waals surface area contributed by atoms with Gasteiger partial charge in [0.1, 0.15) is 0 Å². The first-order valence-electron chi connectivity index (χ1n) is 5.88. The van der Waals surface area contributed by atoms with Crippen LogP contribution in [0, 0.1) is 5.92 Å². The molecule has 4 heteroatoms. The molecule has 0 aromatic carbocycles. The van der Waals surface area contributed by atoms with E-state index < -0.39 is 0 Å². The van der Waals surface area contributed by atoms with E-state index >= 15 is 0 Å². The Balaban J connectivity index is 1.80. The summed E-state index contributed by atoms with van der Waals surface area (Å²) in [7, 11) is 0. The fraction of sp³-hybridized carbons (Fsp3) is 0.909. The molecule has 1 amide bonds. The molecule has 0 radical (unpaired) electrons. The van der Waals surface area contributed by atoms with Gasteiger partial charge in [-0.25, -0.2) is 0 Å². The van der Waals surface area contributed by atoms with Crippen molar-refractivity contribution in [2.24, 2.45) is 11.7 Å². The maximum Gasteiger partial charge on any atom is 0.224 e. The van der Waals surface area contributed by atoms with Crippen molar-refractivity contribution in [2.75, 3.05) is 13.2 Å². The third kappa shape index (κ3) is 2.92. The summed E-state index contributed by atoms with van der Waals surface area (Å²) in [6.45, 7) is 0.530. The van der Waals surface area contributed by atoms with Crippen LogP contribution in [0.5, 0.6) is 0 Å². The van der Waals surface area contributed by atoms with Crippen molar-refractivity contribution in [1.82, 2.24) is 4.90 Å². The molecule has 2 aliphatic rings. The fourth-order valence-electron chi connectivity index (χ4n) is 2.01. The quantitative estimate of drug-likeness (QED) is 0.656. The summed E-state index contributed by atoms with van der Waals surface area (Å²) in [5, 5.41) is 8.89. The smallest absolute Gasteiger partial charge is 0.224 e. The van der Waals surface area contributed by atoms with Crippen LogP contribution in [-0.4, -0.2) is 41.1 Å². The van der Waals surface area contributed by atoms with Crippen LogP contribution < -0.4 is 5.73 Å². The van der Waals surface area contributed by atoms with Crippen LogP contribution in [0.3, 0.4) is 0 Å². The Bertz CT molecular complexity index is 237. The Hall–Kier alpha value is -0.610. The molecule has 0 aliphatic heterocycles. The summed E-state index contributed by atoms with van der Waals surface area (Å²) >= 11 is 0. The van der Waals surface area contributed by atoms with Gasteiger partial charge in [0.25, 0.3) is 0 Å². The number of hydrogen-bond donors (Lipinski definition) is 2. The van der Waals surface area contributed by atoms with Crippen LogP contribution >= 0.6 is 0 Å². The van der Waals surface area contributed by atoms with Gasteiger partial charge in [0.2, 0.25) is 5.91 Å². The van der Waals surface area contributed by atoms with Crippen molar-refractivity contribution < 1.29 is 9.90 Å². The van der Waals surface area contributed by atoms with Crippen molar-refractivity contribution in [3.63, 3.8) is 0 Å². The predicted octanol–water partition coefficient (Wildman–Crippen LogP) is 0.0971. The molecule has 0 bridgehead atoms. The van der Waals surface area contributed by atoms with E-state index in [1.54, 1.807) is 0 Å². The van der Waals surface area contributed by atoms with E-state index in [9.17, 15) is 4.79 Å². The van der Waals surface area contributed by atoms with Crippen molar-refractivity contribution in [3.8, 4) is 0 Å². The number of nitrogens with two attached hydrogens (primary N) is 1. The monoisotopic (exact) mass is 212 g/mol. The third-order valence-electron chi connectivity index (χ3n) is 3.29. The Morgan fingerprint density at radius 1 is 1.40 bits per heavy atom. The van der Waals surface area contributed by atoms with Gasteiger partial charge in [-0.3, -0.25) is 4.79 Å². The summed E-state index contributed by atoms with van der Waals surface area (Å²) in [6.07, 6.45) is 4.99. The summed E-state index contributed by atoms with van der Waals surface area (Å²) in [4.78, 5) is 13.7. The maximum atomic E-state index is 11.9. The van der Waals surface area contributed by atoms with Gasteiger partial charge in [0.15, 0.2) is 0 Å². The van der Waals surface area contributed by atoms with Crippen LogP contribution in [0.15, 0.2) is 0 Å². The van der Waals surface area contributed by atoms with Gasteiger partial charge < -0.3 is 15.7 Å². The lowest BCUT2D eigenvalue weighted by Gasteiger charge is -2.23. The SMILES string of the molecule is NC(CC(=O)N(CCO)C1CC1)C1CC1. The Morgan fingerprint density at radius 2 is 2.07 bits per heavy atom. The van der Waals surface area contributed by atoms with Crippen molar-refractivity contribution in [2.45, 2.75) is 44.2 Å². The Morgan fingerprint density at radius 3 is 2.53 bits per heavy atom. The van der Waals surface area contributed by atoms with Crippen molar-refractivity contribution in [3.05, 3.63) is 0 Å². The molecular formula is C11H20N2O2. The number of carbonyl (C=O) groups excluding carboxylic acids is 1. The number of hydrogen-bond acceptors (Lipinski definition) is 3. The zero-order valence-electron chi connectivity index (χ0n) is 9.06. The van der Waals surface area contributed by atoms with Crippen LogP contribution in [0.1, 0.15) is 32.1 Å². The van der Waals surface area contributed by atoms with E-state index in [0.717, 1.165) is 12.8 Å². The van der Waals surface area contributed by atoms with Gasteiger partial charge in [-0.2, -0.15) is 0 Å². The molecule has 2 rings (SSSR count). The number of amides is 1. The fourth-order valence-corrected chi connectivity index (χ4v) is 2.01. The first-order chi connectivity index (χ1) is 7.22. The van der Waals surface area contributed by atoms with Crippen molar-refractivity contribution >= 4 is 5.91 Å². The molecule has 1 unspecified atom stereocenters. The second-order valence-corrected chi connectivity index (χ2v) is 4.75. The maximum absolute atomic E-state index is 11.9. The first-order valence-corrected chi connectivity index (χ1v) is 5.88. The average molecular weight is 212 g/mol. The van der Waals surface area contributed by atoms with Crippen molar-refractivity contribution in [1.29, 1.82) is 0 Å². The Kier molecular flexibility index (Phi) is 3.26. The molecule has 15 heavy (non-hydrogen) atoms. The molecule has 3 N–H and O–H groups in total. The van der Waals surface area contributed by atoms with Gasteiger partial charge in [-0.15, -0.1) is 0 Å². The highest BCUT2D eigenvalue weighted by atomic mass is 16.3. The minimum absolute atomic E-state index is 0.0393. The van der Waals surface area contributed by atoms with Gasteiger partial charge in [0.05, 0.1) is 6.61 Å². The molecule has 2 aliphatic carbocycles. The first kappa shape index (κ1) is 10.9. The van der Waals surface area contributed by atoms with E-state index in [1.807, 2.05) is 4.90 Å². The second-order valence-electron chi connectivity index (χ2n) is 4.75. The van der Waals surface area contributed by atoms with E-state index in [0.29, 0.717) is 24.9 Å². The summed E-state index contributed by atoms with van der Waals surface area (Å²) in [5.41, 5.74) is 5.92. The van der Waals surface area contributed by atoms with Crippen LogP contribution in [-0.2, 0) is 4.79 Å².